The Morgan fingerprint density at radius 3 is 2.63 bits per heavy atom. The van der Waals surface area contributed by atoms with E-state index in [0.717, 1.165) is 17.5 Å². The first-order chi connectivity index (χ1) is 12.8. The van der Waals surface area contributed by atoms with E-state index in [1.165, 1.54) is 4.80 Å². The van der Waals surface area contributed by atoms with Gasteiger partial charge in [-0.3, -0.25) is 4.79 Å². The highest BCUT2D eigenvalue weighted by molar-refractivity contribution is 7.91. The minimum atomic E-state index is -3.07. The molecule has 0 spiro atoms. The summed E-state index contributed by atoms with van der Waals surface area (Å²) in [6, 6.07) is 7.42. The van der Waals surface area contributed by atoms with Crippen molar-refractivity contribution in [3.05, 3.63) is 29.8 Å². The number of tetrazole rings is 1. The highest BCUT2D eigenvalue weighted by Gasteiger charge is 2.36. The number of hydrogen-bond donors (Lipinski definition) is 0. The fourth-order valence-corrected chi connectivity index (χ4v) is 5.04. The lowest BCUT2D eigenvalue weighted by molar-refractivity contribution is -0.136. The van der Waals surface area contributed by atoms with Gasteiger partial charge in [0.25, 0.3) is 0 Å². The molecule has 1 aliphatic rings. The van der Waals surface area contributed by atoms with Gasteiger partial charge in [-0.25, -0.2) is 8.42 Å². The van der Waals surface area contributed by atoms with Crippen LogP contribution in [0.15, 0.2) is 24.3 Å². The van der Waals surface area contributed by atoms with Crippen molar-refractivity contribution in [2.45, 2.75) is 52.2 Å². The van der Waals surface area contributed by atoms with Crippen molar-refractivity contribution in [3.8, 4) is 11.4 Å². The van der Waals surface area contributed by atoms with E-state index < -0.39 is 9.84 Å². The summed E-state index contributed by atoms with van der Waals surface area (Å²) in [5, 5.41) is 12.3. The molecule has 1 saturated heterocycles. The second-order valence-electron chi connectivity index (χ2n) is 7.12. The van der Waals surface area contributed by atoms with E-state index in [9.17, 15) is 13.2 Å². The fraction of sp³-hybridized carbons (Fsp3) is 0.556. The third-order valence-corrected chi connectivity index (χ3v) is 6.75. The lowest BCUT2D eigenvalue weighted by Crippen LogP contribution is -2.48. The van der Waals surface area contributed by atoms with E-state index in [-0.39, 0.29) is 36.0 Å². The Kier molecular flexibility index (Phi) is 5.59. The number of nitrogens with zero attached hydrogens (tertiary/aromatic N) is 5. The van der Waals surface area contributed by atoms with Crippen LogP contribution in [0.1, 0.15) is 32.3 Å². The summed E-state index contributed by atoms with van der Waals surface area (Å²) in [6.45, 7) is 5.87. The van der Waals surface area contributed by atoms with Gasteiger partial charge in [0, 0.05) is 17.6 Å². The van der Waals surface area contributed by atoms with Crippen LogP contribution in [0.4, 0.5) is 0 Å². The quantitative estimate of drug-likeness (QED) is 0.739. The smallest absolute Gasteiger partial charge is 0.246 e. The van der Waals surface area contributed by atoms with Crippen molar-refractivity contribution in [1.82, 2.24) is 25.1 Å². The van der Waals surface area contributed by atoms with Gasteiger partial charge in [0.2, 0.25) is 11.7 Å². The molecule has 1 aromatic heterocycles. The van der Waals surface area contributed by atoms with Gasteiger partial charge >= 0.3 is 0 Å². The number of sulfone groups is 1. The van der Waals surface area contributed by atoms with Crippen LogP contribution >= 0.6 is 0 Å². The van der Waals surface area contributed by atoms with Crippen LogP contribution in [0.3, 0.4) is 0 Å². The summed E-state index contributed by atoms with van der Waals surface area (Å²) in [4.78, 5) is 15.9. The van der Waals surface area contributed by atoms with Crippen LogP contribution in [0.25, 0.3) is 11.4 Å². The Morgan fingerprint density at radius 1 is 1.33 bits per heavy atom. The monoisotopic (exact) mass is 391 g/mol. The summed E-state index contributed by atoms with van der Waals surface area (Å²) in [5.41, 5.74) is 1.97. The largest absolute Gasteiger partial charge is 0.334 e. The molecule has 146 valence electrons. The maximum Gasteiger partial charge on any atom is 0.246 e. The summed E-state index contributed by atoms with van der Waals surface area (Å²) in [6.07, 6.45) is 1.24. The minimum absolute atomic E-state index is 0.0302. The standard InChI is InChI=1S/C18H25N5O3S/c1-4-14(3)23(16-9-10-27(25,26)12-16)17(24)11-22-20-18(19-21-22)15-7-5-13(2)6-8-15/h5-8,14,16H,4,9-12H2,1-3H3/t14-,16-/m1/s1. The van der Waals surface area contributed by atoms with E-state index in [4.69, 9.17) is 0 Å². The summed E-state index contributed by atoms with van der Waals surface area (Å²) < 4.78 is 23.7. The van der Waals surface area contributed by atoms with E-state index in [0.29, 0.717) is 12.2 Å². The number of benzene rings is 1. The molecule has 2 heterocycles. The Bertz CT molecular complexity index is 907. The van der Waals surface area contributed by atoms with Crippen molar-refractivity contribution in [1.29, 1.82) is 0 Å². The Labute approximate surface area is 159 Å². The zero-order chi connectivity index (χ0) is 19.6. The number of amides is 1. The normalized spacial score (nSPS) is 19.7. The molecule has 0 unspecified atom stereocenters. The molecule has 3 rings (SSSR count). The van der Waals surface area contributed by atoms with Gasteiger partial charge in [-0.1, -0.05) is 36.8 Å². The fourth-order valence-electron chi connectivity index (χ4n) is 3.33. The van der Waals surface area contributed by atoms with Crippen LogP contribution in [-0.4, -0.2) is 63.0 Å². The van der Waals surface area contributed by atoms with E-state index in [2.05, 4.69) is 15.4 Å². The second-order valence-corrected chi connectivity index (χ2v) is 9.35. The molecule has 1 aromatic carbocycles. The van der Waals surface area contributed by atoms with E-state index >= 15 is 0 Å². The number of aryl methyl sites for hydroxylation is 1. The molecule has 1 aliphatic heterocycles. The van der Waals surface area contributed by atoms with E-state index in [1.807, 2.05) is 45.0 Å². The molecular weight excluding hydrogens is 366 g/mol. The zero-order valence-electron chi connectivity index (χ0n) is 15.9. The molecule has 1 amide bonds. The van der Waals surface area contributed by atoms with E-state index in [1.54, 1.807) is 4.90 Å². The van der Waals surface area contributed by atoms with Gasteiger partial charge in [-0.2, -0.15) is 4.80 Å². The molecule has 0 bridgehead atoms. The first-order valence-corrected chi connectivity index (χ1v) is 11.0. The number of carbonyl (C=O) groups excluding carboxylic acids is 1. The first kappa shape index (κ1) is 19.5. The highest BCUT2D eigenvalue weighted by atomic mass is 32.2. The Balaban J connectivity index is 1.75. The van der Waals surface area contributed by atoms with Gasteiger partial charge in [0.1, 0.15) is 6.54 Å². The van der Waals surface area contributed by atoms with Gasteiger partial charge in [0.15, 0.2) is 9.84 Å². The first-order valence-electron chi connectivity index (χ1n) is 9.15. The van der Waals surface area contributed by atoms with Crippen LogP contribution in [-0.2, 0) is 21.2 Å². The predicted octanol–water partition coefficient (Wildman–Crippen LogP) is 1.46. The molecule has 2 atom stereocenters. The Morgan fingerprint density at radius 2 is 2.04 bits per heavy atom. The number of rotatable bonds is 6. The van der Waals surface area contributed by atoms with Crippen molar-refractivity contribution in [3.63, 3.8) is 0 Å². The molecule has 0 saturated carbocycles. The molecule has 2 aromatic rings. The molecular formula is C18H25N5O3S. The average molecular weight is 391 g/mol. The SMILES string of the molecule is CC[C@@H](C)N(C(=O)Cn1nnc(-c2ccc(C)cc2)n1)[C@@H]1CCS(=O)(=O)C1. The van der Waals surface area contributed by atoms with Crippen molar-refractivity contribution in [2.24, 2.45) is 0 Å². The number of hydrogen-bond acceptors (Lipinski definition) is 6. The van der Waals surface area contributed by atoms with Crippen LogP contribution < -0.4 is 0 Å². The Hall–Kier alpha value is -2.29. The van der Waals surface area contributed by atoms with Crippen molar-refractivity contribution in [2.75, 3.05) is 11.5 Å². The maximum absolute atomic E-state index is 12.9. The molecule has 8 nitrogen and oxygen atoms in total. The molecule has 0 radical (unpaired) electrons. The molecule has 0 N–H and O–H groups in total. The van der Waals surface area contributed by atoms with Gasteiger partial charge in [0.05, 0.1) is 11.5 Å². The third kappa shape index (κ3) is 4.52. The minimum Gasteiger partial charge on any atom is -0.334 e. The lowest BCUT2D eigenvalue weighted by atomic mass is 10.1. The highest BCUT2D eigenvalue weighted by Crippen LogP contribution is 2.22. The molecule has 27 heavy (non-hydrogen) atoms. The van der Waals surface area contributed by atoms with Crippen LogP contribution in [0, 0.1) is 6.92 Å². The second kappa shape index (κ2) is 7.75. The number of carbonyl (C=O) groups is 1. The molecule has 0 aliphatic carbocycles. The zero-order valence-corrected chi connectivity index (χ0v) is 16.7. The van der Waals surface area contributed by atoms with Gasteiger partial charge in [-0.05, 0) is 31.9 Å². The summed E-state index contributed by atoms with van der Waals surface area (Å²) >= 11 is 0. The maximum atomic E-state index is 12.9. The van der Waals surface area contributed by atoms with Gasteiger partial charge in [-0.15, -0.1) is 10.2 Å². The lowest BCUT2D eigenvalue weighted by Gasteiger charge is -2.33. The van der Waals surface area contributed by atoms with Crippen molar-refractivity contribution >= 4 is 15.7 Å². The predicted molar refractivity (Wildman–Crippen MR) is 102 cm³/mol. The van der Waals surface area contributed by atoms with Gasteiger partial charge < -0.3 is 4.90 Å². The number of aromatic nitrogens is 4. The average Bonchev–Trinajstić information content (AvgIpc) is 3.22. The van der Waals surface area contributed by atoms with Crippen LogP contribution in [0.5, 0.6) is 0 Å². The molecule has 1 fully saturated rings. The molecule has 9 heteroatoms. The van der Waals surface area contributed by atoms with Crippen molar-refractivity contribution < 1.29 is 13.2 Å². The third-order valence-electron chi connectivity index (χ3n) is 4.99. The van der Waals surface area contributed by atoms with Crippen LogP contribution in [0.2, 0.25) is 0 Å². The summed E-state index contributed by atoms with van der Waals surface area (Å²) in [5.74, 6) is 0.445. The summed E-state index contributed by atoms with van der Waals surface area (Å²) in [7, 11) is -3.07. The topological polar surface area (TPSA) is 98.1 Å².